The van der Waals surface area contributed by atoms with Gasteiger partial charge in [-0.05, 0) is 75.2 Å². The van der Waals surface area contributed by atoms with Gasteiger partial charge in [0.05, 0.1) is 41.9 Å². The Morgan fingerprint density at radius 3 is 1.56 bits per heavy atom. The van der Waals surface area contributed by atoms with Crippen LogP contribution in [0.25, 0.3) is 0 Å². The van der Waals surface area contributed by atoms with Gasteiger partial charge in [0.1, 0.15) is 11.7 Å². The molecule has 2 heterocycles. The molecule has 188 valence electrons. The van der Waals surface area contributed by atoms with E-state index in [9.17, 15) is 15.0 Å². The molecule has 0 spiro atoms. The minimum absolute atomic E-state index is 0.0634. The SMILES string of the molecule is CC(O)(CON1C(C)(C)CC(O)CC1(C)C)CON1C(C)(C)CC(OC(=O)I)CC1(C)C. The van der Waals surface area contributed by atoms with Crippen molar-refractivity contribution in [1.29, 1.82) is 0 Å². The lowest BCUT2D eigenvalue weighted by atomic mass is 9.80. The Bertz CT molecular complexity index is 643. The first kappa shape index (κ1) is 28.2. The first-order valence-electron chi connectivity index (χ1n) is 11.4. The van der Waals surface area contributed by atoms with Gasteiger partial charge in [0.15, 0.2) is 0 Å². The molecule has 0 aromatic carbocycles. The number of rotatable bonds is 7. The molecule has 0 bridgehead atoms. The van der Waals surface area contributed by atoms with E-state index in [1.807, 2.05) is 37.8 Å². The summed E-state index contributed by atoms with van der Waals surface area (Å²) < 4.78 is 5.18. The van der Waals surface area contributed by atoms with Crippen molar-refractivity contribution in [2.75, 3.05) is 13.2 Å². The van der Waals surface area contributed by atoms with Gasteiger partial charge in [-0.25, -0.2) is 4.79 Å². The van der Waals surface area contributed by atoms with Gasteiger partial charge in [-0.2, -0.15) is 10.1 Å². The number of nitrogens with zero attached hydrogens (tertiary/aromatic N) is 2. The van der Waals surface area contributed by atoms with Gasteiger partial charge in [0.25, 0.3) is 0 Å². The standard InChI is InChI=1S/C23H43IN2O6/c1-19(2)10-16(27)11-20(3,4)25(19)30-14-23(9,29)15-31-26-21(5,6)12-17(32-18(24)28)13-22(26,7)8/h16-17,27,29H,10-15H2,1-9H3. The van der Waals surface area contributed by atoms with Crippen LogP contribution in [0.2, 0.25) is 0 Å². The molecule has 32 heavy (non-hydrogen) atoms. The van der Waals surface area contributed by atoms with E-state index in [4.69, 9.17) is 14.4 Å². The monoisotopic (exact) mass is 570 g/mol. The number of carbonyl (C=O) groups excluding carboxylic acids is 1. The number of hydroxylamine groups is 4. The molecule has 2 rings (SSSR count). The molecule has 2 aliphatic heterocycles. The molecule has 2 fully saturated rings. The molecule has 9 heteroatoms. The Hall–Kier alpha value is -0.0400. The molecule has 2 N–H and O–H groups in total. The average molecular weight is 571 g/mol. The molecule has 0 radical (unpaired) electrons. The number of halogens is 1. The summed E-state index contributed by atoms with van der Waals surface area (Å²) in [6, 6.07) is 0. The van der Waals surface area contributed by atoms with Gasteiger partial charge in [-0.15, -0.1) is 0 Å². The third-order valence-corrected chi connectivity index (χ3v) is 6.65. The van der Waals surface area contributed by atoms with E-state index in [1.165, 1.54) is 0 Å². The molecule has 1 atom stereocenters. The maximum atomic E-state index is 11.4. The summed E-state index contributed by atoms with van der Waals surface area (Å²) in [6.45, 7) is 18.2. The van der Waals surface area contributed by atoms with E-state index >= 15 is 0 Å². The van der Waals surface area contributed by atoms with Crippen LogP contribution in [0.15, 0.2) is 0 Å². The van der Waals surface area contributed by atoms with Crippen LogP contribution in [0.4, 0.5) is 4.79 Å². The van der Waals surface area contributed by atoms with Gasteiger partial charge in [-0.3, -0.25) is 9.68 Å². The highest BCUT2D eigenvalue weighted by Gasteiger charge is 2.49. The maximum Gasteiger partial charge on any atom is 0.367 e. The van der Waals surface area contributed by atoms with E-state index < -0.39 is 5.60 Å². The van der Waals surface area contributed by atoms with E-state index in [0.29, 0.717) is 25.7 Å². The average Bonchev–Trinajstić information content (AvgIpc) is 2.48. The second-order valence-electron chi connectivity index (χ2n) is 12.3. The van der Waals surface area contributed by atoms with Crippen molar-refractivity contribution in [3.05, 3.63) is 0 Å². The van der Waals surface area contributed by atoms with Gasteiger partial charge >= 0.3 is 3.98 Å². The molecule has 0 amide bonds. The fourth-order valence-corrected chi connectivity index (χ4v) is 6.10. The summed E-state index contributed by atoms with van der Waals surface area (Å²) in [5, 5.41) is 25.1. The molecular weight excluding hydrogens is 527 g/mol. The van der Waals surface area contributed by atoms with Crippen LogP contribution in [-0.2, 0) is 14.4 Å². The summed E-state index contributed by atoms with van der Waals surface area (Å²) in [4.78, 5) is 23.8. The minimum atomic E-state index is -1.22. The van der Waals surface area contributed by atoms with E-state index in [0.717, 1.165) is 0 Å². The Morgan fingerprint density at radius 2 is 1.22 bits per heavy atom. The summed E-state index contributed by atoms with van der Waals surface area (Å²) in [7, 11) is 0. The van der Waals surface area contributed by atoms with E-state index in [1.54, 1.807) is 29.5 Å². The predicted octanol–water partition coefficient (Wildman–Crippen LogP) is 4.21. The molecule has 2 aliphatic rings. The number of aliphatic hydroxyl groups is 2. The van der Waals surface area contributed by atoms with Crippen molar-refractivity contribution in [3.63, 3.8) is 0 Å². The third-order valence-electron chi connectivity index (χ3n) is 6.39. The van der Waals surface area contributed by atoms with Crippen LogP contribution in [0.5, 0.6) is 0 Å². The predicted molar refractivity (Wildman–Crippen MR) is 131 cm³/mol. The Balaban J connectivity index is 2.02. The molecule has 0 aliphatic carbocycles. The van der Waals surface area contributed by atoms with Crippen molar-refractivity contribution >= 4 is 26.6 Å². The molecule has 2 saturated heterocycles. The third kappa shape index (κ3) is 6.99. The van der Waals surface area contributed by atoms with Gasteiger partial charge in [-0.1, -0.05) is 0 Å². The topological polar surface area (TPSA) is 91.7 Å². The van der Waals surface area contributed by atoms with Crippen LogP contribution in [0.3, 0.4) is 0 Å². The number of hydrogen-bond acceptors (Lipinski definition) is 8. The lowest BCUT2D eigenvalue weighted by Crippen LogP contribution is -2.63. The Kier molecular flexibility index (Phi) is 8.41. The van der Waals surface area contributed by atoms with Crippen LogP contribution in [0.1, 0.15) is 88.0 Å². The van der Waals surface area contributed by atoms with Gasteiger partial charge < -0.3 is 14.9 Å². The van der Waals surface area contributed by atoms with Crippen molar-refractivity contribution in [2.45, 2.75) is 128 Å². The fourth-order valence-electron chi connectivity index (χ4n) is 5.74. The van der Waals surface area contributed by atoms with E-state index in [2.05, 4.69) is 27.7 Å². The lowest BCUT2D eigenvalue weighted by Gasteiger charge is -2.54. The second kappa shape index (κ2) is 9.54. The first-order chi connectivity index (χ1) is 14.3. The van der Waals surface area contributed by atoms with Crippen LogP contribution in [-0.4, -0.2) is 77.5 Å². The van der Waals surface area contributed by atoms with Crippen LogP contribution in [0, 0.1) is 0 Å². The molecule has 1 unspecified atom stereocenters. The second-order valence-corrected chi connectivity index (χ2v) is 13.2. The highest BCUT2D eigenvalue weighted by Crippen LogP contribution is 2.41. The number of ether oxygens (including phenoxy) is 1. The highest BCUT2D eigenvalue weighted by atomic mass is 127. The quantitative estimate of drug-likeness (QED) is 0.348. The van der Waals surface area contributed by atoms with E-state index in [-0.39, 0.29) is 51.6 Å². The lowest BCUT2D eigenvalue weighted by molar-refractivity contribution is -0.332. The number of carbonyl (C=O) groups is 1. The van der Waals surface area contributed by atoms with Gasteiger partial charge in [0.2, 0.25) is 0 Å². The fraction of sp³-hybridized carbons (Fsp3) is 0.957. The number of piperidine rings is 2. The number of hydrogen-bond donors (Lipinski definition) is 2. The summed E-state index contributed by atoms with van der Waals surface area (Å²) >= 11 is 1.66. The van der Waals surface area contributed by atoms with Crippen LogP contribution >= 0.6 is 22.6 Å². The molecular formula is C23H43IN2O6. The molecule has 0 saturated carbocycles. The number of aliphatic hydroxyl groups excluding tert-OH is 1. The van der Waals surface area contributed by atoms with Crippen molar-refractivity contribution in [3.8, 4) is 0 Å². The zero-order valence-corrected chi connectivity index (χ0v) is 23.4. The Morgan fingerprint density at radius 1 is 0.875 bits per heavy atom. The smallest absolute Gasteiger partial charge is 0.367 e. The van der Waals surface area contributed by atoms with Crippen LogP contribution < -0.4 is 0 Å². The van der Waals surface area contributed by atoms with Crippen molar-refractivity contribution in [1.82, 2.24) is 10.1 Å². The summed E-state index contributed by atoms with van der Waals surface area (Å²) in [5.74, 6) is 0. The zero-order chi connectivity index (χ0) is 24.8. The molecule has 0 aromatic heterocycles. The zero-order valence-electron chi connectivity index (χ0n) is 21.2. The first-order valence-corrected chi connectivity index (χ1v) is 12.5. The minimum Gasteiger partial charge on any atom is -0.455 e. The van der Waals surface area contributed by atoms with Gasteiger partial charge in [0, 0.05) is 35.0 Å². The summed E-state index contributed by atoms with van der Waals surface area (Å²) in [5.41, 5.74) is -2.72. The Labute approximate surface area is 207 Å². The summed E-state index contributed by atoms with van der Waals surface area (Å²) in [6.07, 6.45) is 1.95. The highest BCUT2D eigenvalue weighted by molar-refractivity contribution is 14.1. The normalized spacial score (nSPS) is 28.2. The van der Waals surface area contributed by atoms with Crippen molar-refractivity contribution in [2.24, 2.45) is 0 Å². The molecule has 8 nitrogen and oxygen atoms in total. The largest absolute Gasteiger partial charge is 0.455 e. The molecule has 0 aromatic rings. The van der Waals surface area contributed by atoms with Crippen molar-refractivity contribution < 1.29 is 29.4 Å². The maximum absolute atomic E-state index is 11.4.